The Kier molecular flexibility index (Phi) is 8.63. The molecule has 3 rings (SSSR count). The first-order chi connectivity index (χ1) is 13.9. The maximum atomic E-state index is 12.7. The van der Waals surface area contributed by atoms with Gasteiger partial charge in [-0.05, 0) is 36.2 Å². The quantitative estimate of drug-likeness (QED) is 0.342. The molecular weight excluding hydrogens is 508 g/mol. The molecule has 1 aliphatic rings. The van der Waals surface area contributed by atoms with E-state index < -0.39 is 11.7 Å². The Labute approximate surface area is 191 Å². The van der Waals surface area contributed by atoms with Crippen LogP contribution in [-0.2, 0) is 12.7 Å². The fourth-order valence-electron chi connectivity index (χ4n) is 3.37. The predicted octanol–water partition coefficient (Wildman–Crippen LogP) is 4.28. The average Bonchev–Trinajstić information content (AvgIpc) is 3.19. The van der Waals surface area contributed by atoms with Gasteiger partial charge in [0.2, 0.25) is 0 Å². The summed E-state index contributed by atoms with van der Waals surface area (Å²) in [5, 5.41) is 6.55. The van der Waals surface area contributed by atoms with Gasteiger partial charge >= 0.3 is 6.18 Å². The van der Waals surface area contributed by atoms with Gasteiger partial charge in [-0.25, -0.2) is 0 Å². The summed E-state index contributed by atoms with van der Waals surface area (Å²) in [6.45, 7) is 2.09. The van der Waals surface area contributed by atoms with Gasteiger partial charge in [-0.15, -0.1) is 24.0 Å². The molecule has 1 fully saturated rings. The molecule has 164 valence electrons. The number of para-hydroxylation sites is 2. The molecule has 1 saturated heterocycles. The van der Waals surface area contributed by atoms with Gasteiger partial charge in [0.25, 0.3) is 0 Å². The average molecular weight is 534 g/mol. The Morgan fingerprint density at radius 3 is 2.50 bits per heavy atom. The number of rotatable bonds is 5. The van der Waals surface area contributed by atoms with Crippen molar-refractivity contribution in [1.29, 1.82) is 0 Å². The molecule has 0 amide bonds. The minimum atomic E-state index is -4.32. The summed E-state index contributed by atoms with van der Waals surface area (Å²) in [6, 6.07) is 13.3. The Morgan fingerprint density at radius 2 is 1.87 bits per heavy atom. The molecule has 1 unspecified atom stereocenters. The number of benzene rings is 2. The molecule has 0 saturated carbocycles. The number of guanidine groups is 1. The first kappa shape index (κ1) is 24.1. The highest BCUT2D eigenvalue weighted by molar-refractivity contribution is 14.0. The van der Waals surface area contributed by atoms with E-state index in [1.807, 2.05) is 24.3 Å². The molecule has 1 aliphatic heterocycles. The van der Waals surface area contributed by atoms with Crippen LogP contribution in [0.2, 0.25) is 0 Å². The monoisotopic (exact) mass is 534 g/mol. The molecule has 0 aromatic heterocycles. The van der Waals surface area contributed by atoms with Crippen molar-refractivity contribution >= 4 is 35.6 Å². The Hall–Kier alpha value is -2.17. The maximum absolute atomic E-state index is 12.7. The number of hydrogen-bond acceptors (Lipinski definition) is 3. The van der Waals surface area contributed by atoms with Crippen LogP contribution in [0.5, 0.6) is 5.75 Å². The third-order valence-corrected chi connectivity index (χ3v) is 4.92. The summed E-state index contributed by atoms with van der Waals surface area (Å²) in [5.74, 6) is 1.47. The summed E-state index contributed by atoms with van der Waals surface area (Å²) in [4.78, 5) is 6.49. The van der Waals surface area contributed by atoms with Crippen LogP contribution >= 0.6 is 24.0 Å². The number of nitrogens with zero attached hydrogens (tertiary/aromatic N) is 2. The molecule has 9 heteroatoms. The van der Waals surface area contributed by atoms with Gasteiger partial charge in [-0.2, -0.15) is 13.2 Å². The van der Waals surface area contributed by atoms with Crippen LogP contribution in [-0.4, -0.2) is 39.2 Å². The molecule has 0 aliphatic carbocycles. The van der Waals surface area contributed by atoms with Gasteiger partial charge in [0.1, 0.15) is 5.75 Å². The van der Waals surface area contributed by atoms with E-state index in [0.717, 1.165) is 48.6 Å². The van der Waals surface area contributed by atoms with Crippen LogP contribution < -0.4 is 20.3 Å². The lowest BCUT2D eigenvalue weighted by molar-refractivity contribution is -0.137. The number of nitrogens with one attached hydrogen (secondary N) is 2. The van der Waals surface area contributed by atoms with Crippen LogP contribution in [0, 0.1) is 0 Å². The Morgan fingerprint density at radius 1 is 1.17 bits per heavy atom. The van der Waals surface area contributed by atoms with Gasteiger partial charge < -0.3 is 20.3 Å². The smallest absolute Gasteiger partial charge is 0.416 e. The number of ether oxygens (including phenoxy) is 1. The predicted molar refractivity (Wildman–Crippen MR) is 124 cm³/mol. The highest BCUT2D eigenvalue weighted by Gasteiger charge is 2.30. The fraction of sp³-hybridized carbons (Fsp3) is 0.381. The summed E-state index contributed by atoms with van der Waals surface area (Å²) >= 11 is 0. The number of aliphatic imine (C=N–C) groups is 1. The van der Waals surface area contributed by atoms with E-state index in [1.165, 1.54) is 12.1 Å². The molecule has 1 heterocycles. The van der Waals surface area contributed by atoms with E-state index in [2.05, 4.69) is 20.5 Å². The van der Waals surface area contributed by atoms with E-state index in [0.29, 0.717) is 12.5 Å². The third kappa shape index (κ3) is 6.16. The zero-order chi connectivity index (χ0) is 20.9. The molecule has 0 radical (unpaired) electrons. The molecular formula is C21H26F3IN4O. The highest BCUT2D eigenvalue weighted by Crippen LogP contribution is 2.30. The van der Waals surface area contributed by atoms with E-state index in [1.54, 1.807) is 14.2 Å². The second-order valence-electron chi connectivity index (χ2n) is 6.87. The second kappa shape index (κ2) is 10.7. The molecule has 0 bridgehead atoms. The van der Waals surface area contributed by atoms with E-state index in [9.17, 15) is 13.2 Å². The van der Waals surface area contributed by atoms with Crippen LogP contribution in [0.3, 0.4) is 0 Å². The van der Waals surface area contributed by atoms with Crippen molar-refractivity contribution in [2.45, 2.75) is 25.2 Å². The lowest BCUT2D eigenvalue weighted by atomic mass is 10.1. The van der Waals surface area contributed by atoms with E-state index in [4.69, 9.17) is 4.74 Å². The molecule has 1 atom stereocenters. The van der Waals surface area contributed by atoms with Crippen molar-refractivity contribution in [3.8, 4) is 5.75 Å². The molecule has 0 spiro atoms. The Balaban J connectivity index is 0.00000320. The number of methoxy groups -OCH3 is 1. The first-order valence-corrected chi connectivity index (χ1v) is 9.42. The van der Waals surface area contributed by atoms with Crippen molar-refractivity contribution in [3.05, 3.63) is 59.7 Å². The van der Waals surface area contributed by atoms with Gasteiger partial charge in [-0.1, -0.05) is 24.3 Å². The fourth-order valence-corrected chi connectivity index (χ4v) is 3.37. The first-order valence-electron chi connectivity index (χ1n) is 9.42. The van der Waals surface area contributed by atoms with Crippen molar-refractivity contribution in [2.24, 2.45) is 4.99 Å². The van der Waals surface area contributed by atoms with E-state index >= 15 is 0 Å². The number of hydrogen-bond donors (Lipinski definition) is 2. The largest absolute Gasteiger partial charge is 0.495 e. The molecule has 2 aromatic carbocycles. The summed E-state index contributed by atoms with van der Waals surface area (Å²) < 4.78 is 43.4. The zero-order valence-corrected chi connectivity index (χ0v) is 19.2. The van der Waals surface area contributed by atoms with Gasteiger partial charge in [-0.3, -0.25) is 4.99 Å². The standard InChI is InChI=1S/C21H25F3N4O.HI/c1-25-20(26-13-15-7-9-16(10-8-15)21(22,23)24)27-17-11-12-28(14-17)18-5-3-4-6-19(18)29-2;/h3-10,17H,11-14H2,1-2H3,(H2,25,26,27);1H. The topological polar surface area (TPSA) is 48.9 Å². The highest BCUT2D eigenvalue weighted by atomic mass is 127. The van der Waals surface area contributed by atoms with Crippen LogP contribution in [0.1, 0.15) is 17.5 Å². The Bertz CT molecular complexity index is 843. The zero-order valence-electron chi connectivity index (χ0n) is 16.9. The maximum Gasteiger partial charge on any atom is 0.416 e. The van der Waals surface area contributed by atoms with Crippen molar-refractivity contribution in [2.75, 3.05) is 32.1 Å². The van der Waals surface area contributed by atoms with Crippen molar-refractivity contribution in [1.82, 2.24) is 10.6 Å². The summed E-state index contributed by atoms with van der Waals surface area (Å²) in [7, 11) is 3.34. The molecule has 2 N–H and O–H groups in total. The second-order valence-corrected chi connectivity index (χ2v) is 6.87. The summed E-state index contributed by atoms with van der Waals surface area (Å²) in [5.41, 5.74) is 1.17. The molecule has 30 heavy (non-hydrogen) atoms. The van der Waals surface area contributed by atoms with Crippen LogP contribution in [0.25, 0.3) is 0 Å². The van der Waals surface area contributed by atoms with E-state index in [-0.39, 0.29) is 30.0 Å². The summed E-state index contributed by atoms with van der Waals surface area (Å²) in [6.07, 6.45) is -3.38. The van der Waals surface area contributed by atoms with Gasteiger partial charge in [0.05, 0.1) is 18.4 Å². The van der Waals surface area contributed by atoms with Crippen LogP contribution in [0.15, 0.2) is 53.5 Å². The number of anilines is 1. The van der Waals surface area contributed by atoms with Gasteiger partial charge in [0.15, 0.2) is 5.96 Å². The molecule has 5 nitrogen and oxygen atoms in total. The number of alkyl halides is 3. The lowest BCUT2D eigenvalue weighted by Crippen LogP contribution is -2.44. The minimum Gasteiger partial charge on any atom is -0.495 e. The van der Waals surface area contributed by atoms with Gasteiger partial charge in [0, 0.05) is 32.7 Å². The SMILES string of the molecule is CN=C(NCc1ccc(C(F)(F)F)cc1)NC1CCN(c2ccccc2OC)C1.I. The lowest BCUT2D eigenvalue weighted by Gasteiger charge is -2.22. The number of halogens is 4. The molecule has 2 aromatic rings. The minimum absolute atomic E-state index is 0. The third-order valence-electron chi connectivity index (χ3n) is 4.92. The normalized spacial score (nSPS) is 16.8. The van der Waals surface area contributed by atoms with Crippen LogP contribution in [0.4, 0.5) is 18.9 Å². The van der Waals surface area contributed by atoms with Crippen molar-refractivity contribution in [3.63, 3.8) is 0 Å². The van der Waals surface area contributed by atoms with Crippen molar-refractivity contribution < 1.29 is 17.9 Å².